The van der Waals surface area contributed by atoms with E-state index < -0.39 is 11.7 Å². The van der Waals surface area contributed by atoms with Crippen LogP contribution in [0.25, 0.3) is 0 Å². The van der Waals surface area contributed by atoms with Crippen LogP contribution in [0, 0.1) is 5.92 Å². The standard InChI is InChI=1S/C22H33ClN4O4/c1-22(2,3)31-21(30)25-12-11-24-20(29)16-5-4-13-27(15-16)14-10-19(28)26-18-8-6-17(23)7-9-18/h6-9,16H,4-5,10-15H2,1-3H3,(H,24,29)(H,25,30)(H,26,28). The van der Waals surface area contributed by atoms with E-state index in [0.29, 0.717) is 43.3 Å². The predicted octanol–water partition coefficient (Wildman–Crippen LogP) is 3.02. The largest absolute Gasteiger partial charge is 0.444 e. The van der Waals surface area contributed by atoms with Crippen LogP contribution in [-0.4, -0.2) is 61.1 Å². The zero-order valence-corrected chi connectivity index (χ0v) is 19.3. The monoisotopic (exact) mass is 452 g/mol. The highest BCUT2D eigenvalue weighted by Crippen LogP contribution is 2.17. The van der Waals surface area contributed by atoms with Crippen LogP contribution >= 0.6 is 11.6 Å². The molecule has 1 aliphatic heterocycles. The lowest BCUT2D eigenvalue weighted by atomic mass is 9.97. The van der Waals surface area contributed by atoms with E-state index in [1.165, 1.54) is 0 Å². The molecule has 0 saturated carbocycles. The number of hydrogen-bond donors (Lipinski definition) is 3. The number of nitrogens with one attached hydrogen (secondary N) is 3. The van der Waals surface area contributed by atoms with Crippen molar-refractivity contribution in [1.82, 2.24) is 15.5 Å². The number of ether oxygens (including phenoxy) is 1. The van der Waals surface area contributed by atoms with Gasteiger partial charge in [0.1, 0.15) is 5.60 Å². The van der Waals surface area contributed by atoms with Crippen LogP contribution in [-0.2, 0) is 14.3 Å². The van der Waals surface area contributed by atoms with Gasteiger partial charge in [0.2, 0.25) is 11.8 Å². The van der Waals surface area contributed by atoms with Gasteiger partial charge in [0, 0.05) is 43.3 Å². The second-order valence-corrected chi connectivity index (χ2v) is 9.10. The Morgan fingerprint density at radius 2 is 1.81 bits per heavy atom. The SMILES string of the molecule is CC(C)(C)OC(=O)NCCNC(=O)C1CCCN(CCC(=O)Nc2ccc(Cl)cc2)C1. The molecule has 0 spiro atoms. The molecule has 1 atom stereocenters. The van der Waals surface area contributed by atoms with E-state index in [2.05, 4.69) is 20.9 Å². The average Bonchev–Trinajstić information content (AvgIpc) is 2.70. The van der Waals surface area contributed by atoms with Crippen LogP contribution in [0.5, 0.6) is 0 Å². The van der Waals surface area contributed by atoms with Gasteiger partial charge in [0.05, 0.1) is 5.92 Å². The molecule has 2 rings (SSSR count). The van der Waals surface area contributed by atoms with E-state index in [9.17, 15) is 14.4 Å². The van der Waals surface area contributed by atoms with Crippen molar-refractivity contribution in [3.63, 3.8) is 0 Å². The third-order valence-electron chi connectivity index (χ3n) is 4.75. The summed E-state index contributed by atoms with van der Waals surface area (Å²) in [6, 6.07) is 6.99. The first-order valence-electron chi connectivity index (χ1n) is 10.6. The van der Waals surface area contributed by atoms with E-state index in [0.717, 1.165) is 19.4 Å². The number of anilines is 1. The molecule has 1 saturated heterocycles. The quantitative estimate of drug-likeness (QED) is 0.526. The molecular weight excluding hydrogens is 420 g/mol. The number of amides is 3. The van der Waals surface area contributed by atoms with Gasteiger partial charge in [-0.3, -0.25) is 9.59 Å². The van der Waals surface area contributed by atoms with Crippen LogP contribution in [0.2, 0.25) is 5.02 Å². The Hall–Kier alpha value is -2.32. The average molecular weight is 453 g/mol. The minimum Gasteiger partial charge on any atom is -0.444 e. The third-order valence-corrected chi connectivity index (χ3v) is 5.00. The lowest BCUT2D eigenvalue weighted by molar-refractivity contribution is -0.126. The molecule has 1 heterocycles. The van der Waals surface area contributed by atoms with Crippen LogP contribution in [0.1, 0.15) is 40.0 Å². The van der Waals surface area contributed by atoms with Crippen molar-refractivity contribution in [1.29, 1.82) is 0 Å². The first kappa shape index (κ1) is 24.9. The summed E-state index contributed by atoms with van der Waals surface area (Å²) in [5, 5.41) is 8.96. The molecule has 3 amide bonds. The molecule has 31 heavy (non-hydrogen) atoms. The molecule has 1 unspecified atom stereocenters. The van der Waals surface area contributed by atoms with Crippen molar-refractivity contribution >= 4 is 35.2 Å². The summed E-state index contributed by atoms with van der Waals surface area (Å²) < 4.78 is 5.16. The maximum Gasteiger partial charge on any atom is 0.407 e. The van der Waals surface area contributed by atoms with Crippen molar-refractivity contribution in [3.8, 4) is 0 Å². The minimum atomic E-state index is -0.551. The van der Waals surface area contributed by atoms with Gasteiger partial charge in [0.15, 0.2) is 0 Å². The molecule has 1 aromatic carbocycles. The number of halogens is 1. The number of piperidine rings is 1. The normalized spacial score (nSPS) is 17.0. The van der Waals surface area contributed by atoms with Gasteiger partial charge in [0.25, 0.3) is 0 Å². The molecule has 172 valence electrons. The predicted molar refractivity (Wildman–Crippen MR) is 121 cm³/mol. The fourth-order valence-electron chi connectivity index (χ4n) is 3.30. The van der Waals surface area contributed by atoms with Gasteiger partial charge < -0.3 is 25.6 Å². The fraction of sp³-hybridized carbons (Fsp3) is 0.591. The number of carbonyl (C=O) groups is 3. The Morgan fingerprint density at radius 1 is 1.13 bits per heavy atom. The number of likely N-dealkylation sites (tertiary alicyclic amines) is 1. The summed E-state index contributed by atoms with van der Waals surface area (Å²) in [6.07, 6.45) is 1.59. The van der Waals surface area contributed by atoms with Gasteiger partial charge in [-0.25, -0.2) is 4.79 Å². The number of nitrogens with zero attached hydrogens (tertiary/aromatic N) is 1. The topological polar surface area (TPSA) is 99.8 Å². The van der Waals surface area contributed by atoms with E-state index in [-0.39, 0.29) is 17.7 Å². The number of benzene rings is 1. The molecule has 0 aliphatic carbocycles. The maximum absolute atomic E-state index is 12.5. The Labute approximate surface area is 189 Å². The summed E-state index contributed by atoms with van der Waals surface area (Å²) in [7, 11) is 0. The number of alkyl carbamates (subject to hydrolysis) is 1. The van der Waals surface area contributed by atoms with E-state index in [1.807, 2.05) is 0 Å². The number of carbonyl (C=O) groups excluding carboxylic acids is 3. The summed E-state index contributed by atoms with van der Waals surface area (Å²) in [5.41, 5.74) is 0.162. The molecule has 0 bridgehead atoms. The summed E-state index contributed by atoms with van der Waals surface area (Å²) in [4.78, 5) is 38.4. The third kappa shape index (κ3) is 10.0. The van der Waals surface area contributed by atoms with E-state index in [1.54, 1.807) is 45.0 Å². The highest BCUT2D eigenvalue weighted by Gasteiger charge is 2.25. The highest BCUT2D eigenvalue weighted by molar-refractivity contribution is 6.30. The molecule has 3 N–H and O–H groups in total. The molecule has 0 radical (unpaired) electrons. The van der Waals surface area contributed by atoms with Crippen molar-refractivity contribution in [3.05, 3.63) is 29.3 Å². The molecule has 1 fully saturated rings. The summed E-state index contributed by atoms with van der Waals surface area (Å²) in [6.45, 7) is 8.14. The zero-order valence-electron chi connectivity index (χ0n) is 18.5. The Kier molecular flexibility index (Phi) is 9.58. The number of hydrogen-bond acceptors (Lipinski definition) is 5. The Bertz CT molecular complexity index is 749. The van der Waals surface area contributed by atoms with Crippen LogP contribution in [0.3, 0.4) is 0 Å². The van der Waals surface area contributed by atoms with E-state index in [4.69, 9.17) is 16.3 Å². The van der Waals surface area contributed by atoms with Crippen molar-refractivity contribution < 1.29 is 19.1 Å². The fourth-order valence-corrected chi connectivity index (χ4v) is 3.42. The first-order valence-corrected chi connectivity index (χ1v) is 11.0. The smallest absolute Gasteiger partial charge is 0.407 e. The first-order chi connectivity index (χ1) is 14.6. The van der Waals surface area contributed by atoms with Gasteiger partial charge >= 0.3 is 6.09 Å². The molecule has 9 heteroatoms. The molecule has 8 nitrogen and oxygen atoms in total. The van der Waals surface area contributed by atoms with Crippen LogP contribution in [0.15, 0.2) is 24.3 Å². The summed E-state index contributed by atoms with van der Waals surface area (Å²) >= 11 is 5.85. The van der Waals surface area contributed by atoms with Crippen molar-refractivity contribution in [2.24, 2.45) is 5.92 Å². The zero-order chi connectivity index (χ0) is 22.9. The maximum atomic E-state index is 12.5. The van der Waals surface area contributed by atoms with Gasteiger partial charge in [-0.2, -0.15) is 0 Å². The van der Waals surface area contributed by atoms with E-state index >= 15 is 0 Å². The van der Waals surface area contributed by atoms with Crippen molar-refractivity contribution in [2.75, 3.05) is 38.0 Å². The highest BCUT2D eigenvalue weighted by atomic mass is 35.5. The van der Waals surface area contributed by atoms with Gasteiger partial charge in [-0.15, -0.1) is 0 Å². The Morgan fingerprint density at radius 3 is 2.48 bits per heavy atom. The number of rotatable bonds is 8. The van der Waals surface area contributed by atoms with Crippen molar-refractivity contribution in [2.45, 2.75) is 45.6 Å². The molecule has 0 aromatic heterocycles. The molecular formula is C22H33ClN4O4. The molecule has 1 aromatic rings. The second kappa shape index (κ2) is 11.9. The lowest BCUT2D eigenvalue weighted by Crippen LogP contribution is -2.45. The van der Waals surface area contributed by atoms with Gasteiger partial charge in [-0.05, 0) is 64.4 Å². The van der Waals surface area contributed by atoms with Crippen LogP contribution < -0.4 is 16.0 Å². The van der Waals surface area contributed by atoms with Crippen LogP contribution in [0.4, 0.5) is 10.5 Å². The minimum absolute atomic E-state index is 0.0266. The lowest BCUT2D eigenvalue weighted by Gasteiger charge is -2.31. The second-order valence-electron chi connectivity index (χ2n) is 8.66. The van der Waals surface area contributed by atoms with Gasteiger partial charge in [-0.1, -0.05) is 11.6 Å². The Balaban J connectivity index is 1.65. The summed E-state index contributed by atoms with van der Waals surface area (Å²) in [5.74, 6) is -0.210. The molecule has 1 aliphatic rings.